The molecule has 0 heterocycles. The fourth-order valence-corrected chi connectivity index (χ4v) is 1.45. The fraction of sp³-hybridized carbons (Fsp3) is 0.500. The highest BCUT2D eigenvalue weighted by atomic mass is 19.2. The summed E-state index contributed by atoms with van der Waals surface area (Å²) in [6.07, 6.45) is 3.62. The van der Waals surface area contributed by atoms with Crippen molar-refractivity contribution < 1.29 is 13.9 Å². The van der Waals surface area contributed by atoms with Crippen LogP contribution in [0, 0.1) is 11.6 Å². The maximum Gasteiger partial charge on any atom is 0.181 e. The summed E-state index contributed by atoms with van der Waals surface area (Å²) in [6.45, 7) is 0.831. The van der Waals surface area contributed by atoms with Crippen molar-refractivity contribution in [2.24, 2.45) is 0 Å². The van der Waals surface area contributed by atoms with E-state index >= 15 is 0 Å². The Morgan fingerprint density at radius 1 is 1.06 bits per heavy atom. The SMILES string of the molecule is OCCCCCCNc1cccc(F)c1F. The molecule has 0 aliphatic carbocycles. The number of benzene rings is 1. The minimum absolute atomic E-state index is 0.210. The van der Waals surface area contributed by atoms with Gasteiger partial charge in [0.15, 0.2) is 11.6 Å². The summed E-state index contributed by atoms with van der Waals surface area (Å²) in [5, 5.41) is 11.4. The molecule has 1 rings (SSSR count). The summed E-state index contributed by atoms with van der Waals surface area (Å²) in [6, 6.07) is 4.10. The minimum Gasteiger partial charge on any atom is -0.396 e. The molecule has 0 aliphatic rings. The molecule has 0 radical (unpaired) electrons. The molecule has 0 saturated heterocycles. The van der Waals surface area contributed by atoms with Crippen molar-refractivity contribution in [3.8, 4) is 0 Å². The monoisotopic (exact) mass is 229 g/mol. The molecular formula is C12H17F2NO. The largest absolute Gasteiger partial charge is 0.396 e. The standard InChI is InChI=1S/C12H17F2NO/c13-10-6-5-7-11(12(10)14)15-8-3-1-2-4-9-16/h5-7,15-16H,1-4,8-9H2. The average molecular weight is 229 g/mol. The number of unbranched alkanes of at least 4 members (excludes halogenated alkanes) is 3. The van der Waals surface area contributed by atoms with Gasteiger partial charge in [0.05, 0.1) is 5.69 Å². The second kappa shape index (κ2) is 7.17. The van der Waals surface area contributed by atoms with Crippen LogP contribution in [0.1, 0.15) is 25.7 Å². The smallest absolute Gasteiger partial charge is 0.181 e. The fourth-order valence-electron chi connectivity index (χ4n) is 1.45. The van der Waals surface area contributed by atoms with E-state index in [-0.39, 0.29) is 12.3 Å². The van der Waals surface area contributed by atoms with Crippen molar-refractivity contribution in [3.63, 3.8) is 0 Å². The molecule has 0 amide bonds. The lowest BCUT2D eigenvalue weighted by molar-refractivity contribution is 0.283. The van der Waals surface area contributed by atoms with Gasteiger partial charge in [-0.15, -0.1) is 0 Å². The Labute approximate surface area is 94.3 Å². The van der Waals surface area contributed by atoms with Gasteiger partial charge in [0.1, 0.15) is 0 Å². The van der Waals surface area contributed by atoms with Crippen LogP contribution in [0.4, 0.5) is 14.5 Å². The summed E-state index contributed by atoms with van der Waals surface area (Å²) in [5.74, 6) is -1.65. The summed E-state index contributed by atoms with van der Waals surface area (Å²) >= 11 is 0. The number of hydrogen-bond acceptors (Lipinski definition) is 2. The molecule has 0 atom stereocenters. The molecule has 0 unspecified atom stereocenters. The lowest BCUT2D eigenvalue weighted by atomic mass is 10.2. The Morgan fingerprint density at radius 3 is 2.56 bits per heavy atom. The van der Waals surface area contributed by atoms with E-state index in [1.54, 1.807) is 0 Å². The van der Waals surface area contributed by atoms with E-state index in [9.17, 15) is 8.78 Å². The van der Waals surface area contributed by atoms with Gasteiger partial charge < -0.3 is 10.4 Å². The number of rotatable bonds is 7. The second-order valence-electron chi connectivity index (χ2n) is 3.67. The first-order chi connectivity index (χ1) is 7.75. The third-order valence-electron chi connectivity index (χ3n) is 2.35. The van der Waals surface area contributed by atoms with Crippen molar-refractivity contribution in [2.75, 3.05) is 18.5 Å². The molecule has 0 saturated carbocycles. The molecule has 1 aromatic carbocycles. The Bertz CT molecular complexity index is 318. The number of nitrogens with one attached hydrogen (secondary N) is 1. The van der Waals surface area contributed by atoms with Crippen LogP contribution >= 0.6 is 0 Å². The van der Waals surface area contributed by atoms with Gasteiger partial charge in [-0.3, -0.25) is 0 Å². The first-order valence-corrected chi connectivity index (χ1v) is 5.54. The highest BCUT2D eigenvalue weighted by molar-refractivity contribution is 5.44. The van der Waals surface area contributed by atoms with Gasteiger partial charge in [-0.1, -0.05) is 18.9 Å². The van der Waals surface area contributed by atoms with Crippen LogP contribution in [0.5, 0.6) is 0 Å². The van der Waals surface area contributed by atoms with Gasteiger partial charge in [-0.05, 0) is 25.0 Å². The summed E-state index contributed by atoms with van der Waals surface area (Å²) in [7, 11) is 0. The number of anilines is 1. The van der Waals surface area contributed by atoms with Crippen LogP contribution in [0.15, 0.2) is 18.2 Å². The van der Waals surface area contributed by atoms with E-state index in [4.69, 9.17) is 5.11 Å². The maximum absolute atomic E-state index is 13.2. The first-order valence-electron chi connectivity index (χ1n) is 5.54. The van der Waals surface area contributed by atoms with Crippen LogP contribution in [-0.4, -0.2) is 18.3 Å². The molecule has 1 aromatic rings. The summed E-state index contributed by atoms with van der Waals surface area (Å²) in [4.78, 5) is 0. The van der Waals surface area contributed by atoms with Crippen molar-refractivity contribution in [1.82, 2.24) is 0 Å². The molecule has 0 spiro atoms. The van der Waals surface area contributed by atoms with Gasteiger partial charge in [-0.25, -0.2) is 8.78 Å². The molecule has 2 N–H and O–H groups in total. The van der Waals surface area contributed by atoms with Crippen molar-refractivity contribution in [2.45, 2.75) is 25.7 Å². The van der Waals surface area contributed by atoms with E-state index in [2.05, 4.69) is 5.32 Å². The summed E-state index contributed by atoms with van der Waals surface area (Å²) in [5.41, 5.74) is 0.210. The molecule has 0 fully saturated rings. The third-order valence-corrected chi connectivity index (χ3v) is 2.35. The highest BCUT2D eigenvalue weighted by Gasteiger charge is 2.05. The summed E-state index contributed by atoms with van der Waals surface area (Å²) < 4.78 is 26.0. The first kappa shape index (κ1) is 12.9. The lowest BCUT2D eigenvalue weighted by Crippen LogP contribution is -2.04. The zero-order valence-corrected chi connectivity index (χ0v) is 9.18. The van der Waals surface area contributed by atoms with Gasteiger partial charge in [0, 0.05) is 13.2 Å². The number of aliphatic hydroxyl groups is 1. The second-order valence-corrected chi connectivity index (χ2v) is 3.67. The van der Waals surface area contributed by atoms with Gasteiger partial charge >= 0.3 is 0 Å². The Balaban J connectivity index is 2.24. The molecule has 0 bridgehead atoms. The molecule has 16 heavy (non-hydrogen) atoms. The topological polar surface area (TPSA) is 32.3 Å². The lowest BCUT2D eigenvalue weighted by Gasteiger charge is -2.07. The molecule has 0 aromatic heterocycles. The average Bonchev–Trinajstić information content (AvgIpc) is 2.29. The number of halogens is 2. The third kappa shape index (κ3) is 4.14. The molecule has 90 valence electrons. The van der Waals surface area contributed by atoms with Crippen LogP contribution < -0.4 is 5.32 Å². The molecule has 2 nitrogen and oxygen atoms in total. The zero-order chi connectivity index (χ0) is 11.8. The minimum atomic E-state index is -0.828. The quantitative estimate of drug-likeness (QED) is 0.704. The molecule has 4 heteroatoms. The van der Waals surface area contributed by atoms with E-state index in [0.717, 1.165) is 31.7 Å². The van der Waals surface area contributed by atoms with Crippen LogP contribution in [0.3, 0.4) is 0 Å². The van der Waals surface area contributed by atoms with Gasteiger partial charge in [-0.2, -0.15) is 0 Å². The van der Waals surface area contributed by atoms with Crippen molar-refractivity contribution in [3.05, 3.63) is 29.8 Å². The Hall–Kier alpha value is -1.16. The molecular weight excluding hydrogens is 212 g/mol. The van der Waals surface area contributed by atoms with Crippen molar-refractivity contribution in [1.29, 1.82) is 0 Å². The van der Waals surface area contributed by atoms with E-state index in [1.165, 1.54) is 12.1 Å². The maximum atomic E-state index is 13.2. The predicted octanol–water partition coefficient (Wildman–Crippen LogP) is 2.93. The van der Waals surface area contributed by atoms with E-state index in [0.29, 0.717) is 6.54 Å². The van der Waals surface area contributed by atoms with Gasteiger partial charge in [0.25, 0.3) is 0 Å². The predicted molar refractivity (Wildman–Crippen MR) is 60.4 cm³/mol. The van der Waals surface area contributed by atoms with Crippen LogP contribution in [-0.2, 0) is 0 Å². The van der Waals surface area contributed by atoms with E-state index < -0.39 is 11.6 Å². The van der Waals surface area contributed by atoms with Gasteiger partial charge in [0.2, 0.25) is 0 Å². The van der Waals surface area contributed by atoms with Crippen molar-refractivity contribution >= 4 is 5.69 Å². The van der Waals surface area contributed by atoms with Crippen LogP contribution in [0.25, 0.3) is 0 Å². The van der Waals surface area contributed by atoms with E-state index in [1.807, 2.05) is 0 Å². The Kier molecular flexibility index (Phi) is 5.78. The normalized spacial score (nSPS) is 10.4. The number of hydrogen-bond donors (Lipinski definition) is 2. The number of aliphatic hydroxyl groups excluding tert-OH is 1. The van der Waals surface area contributed by atoms with Crippen LogP contribution in [0.2, 0.25) is 0 Å². The Morgan fingerprint density at radius 2 is 1.81 bits per heavy atom. The zero-order valence-electron chi connectivity index (χ0n) is 9.18. The highest BCUT2D eigenvalue weighted by Crippen LogP contribution is 2.16. The molecule has 0 aliphatic heterocycles.